The number of nitrogens with one attached hydrogen (secondary N) is 1. The van der Waals surface area contributed by atoms with Crippen LogP contribution in [-0.4, -0.2) is 31.0 Å². The van der Waals surface area contributed by atoms with Gasteiger partial charge >= 0.3 is 6.18 Å². The first kappa shape index (κ1) is 24.3. The van der Waals surface area contributed by atoms with Gasteiger partial charge in [0.25, 0.3) is 5.56 Å². The summed E-state index contributed by atoms with van der Waals surface area (Å²) in [6, 6.07) is 18.2. The molecular weight excluding hydrogens is 479 g/mol. The van der Waals surface area contributed by atoms with Crippen LogP contribution in [0.25, 0.3) is 16.9 Å². The number of anilines is 1. The Morgan fingerprint density at radius 3 is 2.29 bits per heavy atom. The van der Waals surface area contributed by atoms with Crippen LogP contribution in [0.1, 0.15) is 11.4 Å². The standard InChI is InChI=1S/C24H20F3N5O2S/c1-15-21(22(34)32(31(15)2)17-11-7-4-8-12-17)30-20(33)14-35-23-28-18(16-9-5-3-6-10-16)13-19(29-23)24(25,26)27/h3-13H,14H2,1-2H3,(H,30,33). The van der Waals surface area contributed by atoms with Crippen molar-refractivity contribution in [2.75, 3.05) is 11.1 Å². The summed E-state index contributed by atoms with van der Waals surface area (Å²) in [4.78, 5) is 33.3. The van der Waals surface area contributed by atoms with Crippen molar-refractivity contribution in [1.82, 2.24) is 19.3 Å². The van der Waals surface area contributed by atoms with E-state index in [1.807, 2.05) is 6.07 Å². The molecule has 2 aromatic carbocycles. The smallest absolute Gasteiger partial charge is 0.319 e. The Bertz CT molecular complexity index is 1420. The molecule has 0 aliphatic carbocycles. The lowest BCUT2D eigenvalue weighted by molar-refractivity contribution is -0.141. The molecule has 7 nitrogen and oxygen atoms in total. The Hall–Kier alpha value is -3.86. The van der Waals surface area contributed by atoms with E-state index < -0.39 is 23.3 Å². The summed E-state index contributed by atoms with van der Waals surface area (Å²) in [5.41, 5.74) is 0.322. The molecule has 4 aromatic rings. The van der Waals surface area contributed by atoms with Crippen molar-refractivity contribution in [2.24, 2.45) is 7.05 Å². The second kappa shape index (κ2) is 9.79. The minimum Gasteiger partial charge on any atom is -0.319 e. The van der Waals surface area contributed by atoms with Crippen LogP contribution in [0.15, 0.2) is 76.7 Å². The van der Waals surface area contributed by atoms with Crippen molar-refractivity contribution in [3.05, 3.63) is 88.5 Å². The summed E-state index contributed by atoms with van der Waals surface area (Å²) in [5.74, 6) is -0.849. The van der Waals surface area contributed by atoms with Gasteiger partial charge in [-0.15, -0.1) is 0 Å². The number of aromatic nitrogens is 4. The molecule has 2 heterocycles. The minimum atomic E-state index is -4.67. The second-order valence-electron chi connectivity index (χ2n) is 7.56. The third kappa shape index (κ3) is 5.29. The maximum atomic E-state index is 13.4. The number of rotatable bonds is 6. The second-order valence-corrected chi connectivity index (χ2v) is 8.50. The highest BCUT2D eigenvalue weighted by atomic mass is 32.2. The van der Waals surface area contributed by atoms with Gasteiger partial charge in [0.1, 0.15) is 11.4 Å². The zero-order chi connectivity index (χ0) is 25.2. The highest BCUT2D eigenvalue weighted by Gasteiger charge is 2.34. The van der Waals surface area contributed by atoms with Crippen LogP contribution in [-0.2, 0) is 18.0 Å². The number of hydrogen-bond donors (Lipinski definition) is 1. The normalized spacial score (nSPS) is 11.5. The van der Waals surface area contributed by atoms with Crippen molar-refractivity contribution >= 4 is 23.4 Å². The van der Waals surface area contributed by atoms with Gasteiger partial charge in [-0.2, -0.15) is 13.2 Å². The number of alkyl halides is 3. The van der Waals surface area contributed by atoms with Crippen LogP contribution in [0.5, 0.6) is 0 Å². The van der Waals surface area contributed by atoms with Crippen molar-refractivity contribution in [3.63, 3.8) is 0 Å². The summed E-state index contributed by atoms with van der Waals surface area (Å²) in [7, 11) is 1.69. The van der Waals surface area contributed by atoms with Gasteiger partial charge in [0.2, 0.25) is 5.91 Å². The summed E-state index contributed by atoms with van der Waals surface area (Å²) in [5, 5.41) is 2.39. The Morgan fingerprint density at radius 1 is 1.03 bits per heavy atom. The fourth-order valence-electron chi connectivity index (χ4n) is 3.41. The van der Waals surface area contributed by atoms with Crippen molar-refractivity contribution in [2.45, 2.75) is 18.3 Å². The average Bonchev–Trinajstić information content (AvgIpc) is 3.06. The lowest BCUT2D eigenvalue weighted by Crippen LogP contribution is -2.23. The zero-order valence-electron chi connectivity index (χ0n) is 18.7. The number of thioether (sulfide) groups is 1. The van der Waals surface area contributed by atoms with Crippen LogP contribution in [0, 0.1) is 6.92 Å². The Labute approximate surface area is 202 Å². The molecule has 1 N–H and O–H groups in total. The van der Waals surface area contributed by atoms with Crippen LogP contribution >= 0.6 is 11.8 Å². The summed E-state index contributed by atoms with van der Waals surface area (Å²) >= 11 is 0.756. The molecule has 1 amide bonds. The molecule has 0 unspecified atom stereocenters. The zero-order valence-corrected chi connectivity index (χ0v) is 19.5. The van der Waals surface area contributed by atoms with E-state index >= 15 is 0 Å². The molecular formula is C24H20F3N5O2S. The highest BCUT2D eigenvalue weighted by molar-refractivity contribution is 7.99. The predicted molar refractivity (Wildman–Crippen MR) is 128 cm³/mol. The summed E-state index contributed by atoms with van der Waals surface area (Å²) < 4.78 is 43.2. The van der Waals surface area contributed by atoms with E-state index in [9.17, 15) is 22.8 Å². The quantitative estimate of drug-likeness (QED) is 0.308. The average molecular weight is 500 g/mol. The Kier molecular flexibility index (Phi) is 6.79. The Balaban J connectivity index is 1.55. The molecule has 180 valence electrons. The van der Waals surface area contributed by atoms with Gasteiger partial charge in [-0.3, -0.25) is 14.3 Å². The fourth-order valence-corrected chi connectivity index (χ4v) is 4.07. The van der Waals surface area contributed by atoms with Crippen LogP contribution in [0.2, 0.25) is 0 Å². The van der Waals surface area contributed by atoms with E-state index in [-0.39, 0.29) is 22.3 Å². The highest BCUT2D eigenvalue weighted by Crippen LogP contribution is 2.32. The SMILES string of the molecule is Cc1c(NC(=O)CSc2nc(-c3ccccc3)cc(C(F)(F)F)n2)c(=O)n(-c2ccccc2)n1C. The van der Waals surface area contributed by atoms with Crippen molar-refractivity contribution in [1.29, 1.82) is 0 Å². The van der Waals surface area contributed by atoms with E-state index in [0.717, 1.165) is 17.8 Å². The minimum absolute atomic E-state index is 0.0943. The lowest BCUT2D eigenvalue weighted by Gasteiger charge is -2.10. The molecule has 11 heteroatoms. The van der Waals surface area contributed by atoms with Gasteiger partial charge in [0, 0.05) is 12.6 Å². The topological polar surface area (TPSA) is 81.8 Å². The largest absolute Gasteiger partial charge is 0.433 e. The maximum absolute atomic E-state index is 13.4. The lowest BCUT2D eigenvalue weighted by atomic mass is 10.1. The summed E-state index contributed by atoms with van der Waals surface area (Å²) in [6.45, 7) is 1.69. The number of amides is 1. The monoisotopic (exact) mass is 499 g/mol. The summed E-state index contributed by atoms with van der Waals surface area (Å²) in [6.07, 6.45) is -4.67. The van der Waals surface area contributed by atoms with Gasteiger partial charge < -0.3 is 5.32 Å². The first-order chi connectivity index (χ1) is 16.6. The van der Waals surface area contributed by atoms with E-state index in [2.05, 4.69) is 15.3 Å². The molecule has 2 aromatic heterocycles. The number of hydrogen-bond acceptors (Lipinski definition) is 5. The molecule has 0 atom stereocenters. The molecule has 0 aliphatic rings. The van der Waals surface area contributed by atoms with Gasteiger partial charge in [0.05, 0.1) is 22.8 Å². The van der Waals surface area contributed by atoms with Crippen LogP contribution in [0.3, 0.4) is 0 Å². The van der Waals surface area contributed by atoms with Gasteiger partial charge in [-0.05, 0) is 25.1 Å². The molecule has 0 saturated heterocycles. The van der Waals surface area contributed by atoms with E-state index in [0.29, 0.717) is 16.9 Å². The molecule has 35 heavy (non-hydrogen) atoms. The van der Waals surface area contributed by atoms with E-state index in [1.165, 1.54) is 4.68 Å². The first-order valence-electron chi connectivity index (χ1n) is 10.4. The molecule has 0 fully saturated rings. The van der Waals surface area contributed by atoms with Gasteiger partial charge in [-0.25, -0.2) is 14.6 Å². The number of carbonyl (C=O) groups excluding carboxylic acids is 1. The number of benzene rings is 2. The number of nitrogens with zero attached hydrogens (tertiary/aromatic N) is 4. The third-order valence-electron chi connectivity index (χ3n) is 5.22. The number of carbonyl (C=O) groups is 1. The van der Waals surface area contributed by atoms with Crippen LogP contribution < -0.4 is 10.9 Å². The van der Waals surface area contributed by atoms with Crippen LogP contribution in [0.4, 0.5) is 18.9 Å². The van der Waals surface area contributed by atoms with Crippen molar-refractivity contribution < 1.29 is 18.0 Å². The molecule has 0 bridgehead atoms. The first-order valence-corrected chi connectivity index (χ1v) is 11.4. The maximum Gasteiger partial charge on any atom is 0.433 e. The molecule has 0 radical (unpaired) electrons. The molecule has 0 spiro atoms. The fraction of sp³-hybridized carbons (Fsp3) is 0.167. The number of para-hydroxylation sites is 1. The third-order valence-corrected chi connectivity index (χ3v) is 6.06. The van der Waals surface area contributed by atoms with Gasteiger partial charge in [-0.1, -0.05) is 60.3 Å². The molecule has 0 saturated carbocycles. The van der Waals surface area contributed by atoms with Gasteiger partial charge in [0.15, 0.2) is 5.16 Å². The molecule has 0 aliphatic heterocycles. The van der Waals surface area contributed by atoms with E-state index in [1.54, 1.807) is 73.3 Å². The molecule has 4 rings (SSSR count). The van der Waals surface area contributed by atoms with E-state index in [4.69, 9.17) is 0 Å². The predicted octanol–water partition coefficient (Wildman–Crippen LogP) is 4.69. The number of halogens is 3. The van der Waals surface area contributed by atoms with Crippen molar-refractivity contribution in [3.8, 4) is 16.9 Å². The Morgan fingerprint density at radius 2 is 1.66 bits per heavy atom.